The number of hydrogen-bond donors (Lipinski definition) is 1. The summed E-state index contributed by atoms with van der Waals surface area (Å²) in [5.74, 6) is 0. The summed E-state index contributed by atoms with van der Waals surface area (Å²) in [6.07, 6.45) is -2.41. The molecule has 4 heteroatoms. The fourth-order valence-electron chi connectivity index (χ4n) is 2.33. The van der Waals surface area contributed by atoms with Gasteiger partial charge in [0.2, 0.25) is 0 Å². The predicted molar refractivity (Wildman–Crippen MR) is 69.3 cm³/mol. The predicted octanol–water partition coefficient (Wildman–Crippen LogP) is 3.15. The molecule has 1 aromatic rings. The summed E-state index contributed by atoms with van der Waals surface area (Å²) in [5, 5.41) is 3.12. The molecule has 1 aromatic carbocycles. The van der Waals surface area contributed by atoms with E-state index in [0.29, 0.717) is 0 Å². The van der Waals surface area contributed by atoms with Crippen LogP contribution in [0.4, 0.5) is 8.78 Å². The second-order valence-electron chi connectivity index (χ2n) is 4.58. The van der Waals surface area contributed by atoms with E-state index in [9.17, 15) is 8.78 Å². The van der Waals surface area contributed by atoms with E-state index >= 15 is 0 Å². The standard InChI is InChI=1S/C14H21F2NO/c1-9-5-10(2)14(11(3)6-9)12(17-4)7-18-8-13(15)16/h5-6,12-13,17H,7-8H2,1-4H3. The first-order valence-corrected chi connectivity index (χ1v) is 6.06. The third-order valence-electron chi connectivity index (χ3n) is 2.96. The summed E-state index contributed by atoms with van der Waals surface area (Å²) in [6, 6.07) is 4.14. The van der Waals surface area contributed by atoms with Crippen LogP contribution in [0.2, 0.25) is 0 Å². The first-order valence-electron chi connectivity index (χ1n) is 6.06. The number of likely N-dealkylation sites (N-methyl/N-ethyl adjacent to an activating group) is 1. The number of benzene rings is 1. The Balaban J connectivity index is 2.82. The average Bonchev–Trinajstić information content (AvgIpc) is 2.25. The van der Waals surface area contributed by atoms with Crippen LogP contribution in [0, 0.1) is 20.8 Å². The van der Waals surface area contributed by atoms with Crippen molar-refractivity contribution in [3.05, 3.63) is 34.4 Å². The highest BCUT2D eigenvalue weighted by molar-refractivity contribution is 5.39. The fraction of sp³-hybridized carbons (Fsp3) is 0.571. The quantitative estimate of drug-likeness (QED) is 0.845. The molecule has 0 aliphatic heterocycles. The first-order chi connectivity index (χ1) is 8.45. The van der Waals surface area contributed by atoms with Gasteiger partial charge in [-0.25, -0.2) is 8.78 Å². The summed E-state index contributed by atoms with van der Waals surface area (Å²) in [5.41, 5.74) is 4.66. The summed E-state index contributed by atoms with van der Waals surface area (Å²) >= 11 is 0. The average molecular weight is 257 g/mol. The molecule has 1 unspecified atom stereocenters. The minimum absolute atomic E-state index is 0.0515. The van der Waals surface area contributed by atoms with Crippen molar-refractivity contribution >= 4 is 0 Å². The molecule has 0 aliphatic rings. The number of aryl methyl sites for hydroxylation is 3. The lowest BCUT2D eigenvalue weighted by atomic mass is 9.94. The highest BCUT2D eigenvalue weighted by Gasteiger charge is 2.16. The van der Waals surface area contributed by atoms with E-state index in [1.807, 2.05) is 27.8 Å². The van der Waals surface area contributed by atoms with E-state index in [1.165, 1.54) is 5.56 Å². The Labute approximate surface area is 107 Å². The maximum atomic E-state index is 12.1. The number of hydrogen-bond acceptors (Lipinski definition) is 2. The molecule has 2 nitrogen and oxygen atoms in total. The smallest absolute Gasteiger partial charge is 0.261 e. The van der Waals surface area contributed by atoms with Crippen LogP contribution in [0.25, 0.3) is 0 Å². The molecular weight excluding hydrogens is 236 g/mol. The zero-order valence-corrected chi connectivity index (χ0v) is 11.4. The van der Waals surface area contributed by atoms with Crippen molar-refractivity contribution in [2.75, 3.05) is 20.3 Å². The molecule has 0 heterocycles. The second-order valence-corrected chi connectivity index (χ2v) is 4.58. The van der Waals surface area contributed by atoms with Crippen molar-refractivity contribution in [1.82, 2.24) is 5.32 Å². The SMILES string of the molecule is CNC(COCC(F)F)c1c(C)cc(C)cc1C. The van der Waals surface area contributed by atoms with E-state index in [1.54, 1.807) is 0 Å². The highest BCUT2D eigenvalue weighted by Crippen LogP contribution is 2.23. The summed E-state index contributed by atoms with van der Waals surface area (Å²) < 4.78 is 29.1. The molecule has 0 aliphatic carbocycles. The van der Waals surface area contributed by atoms with Gasteiger partial charge in [-0.05, 0) is 44.5 Å². The maximum Gasteiger partial charge on any atom is 0.261 e. The summed E-state index contributed by atoms with van der Waals surface area (Å²) in [6.45, 7) is 5.86. The van der Waals surface area contributed by atoms with Crippen LogP contribution >= 0.6 is 0 Å². The largest absolute Gasteiger partial charge is 0.374 e. The van der Waals surface area contributed by atoms with Crippen LogP contribution in [0.15, 0.2) is 12.1 Å². The Morgan fingerprint density at radius 1 is 1.11 bits per heavy atom. The molecule has 1 rings (SSSR count). The minimum Gasteiger partial charge on any atom is -0.374 e. The van der Waals surface area contributed by atoms with E-state index in [0.717, 1.165) is 16.7 Å². The lowest BCUT2D eigenvalue weighted by molar-refractivity contribution is 0.00976. The third-order valence-corrected chi connectivity index (χ3v) is 2.96. The van der Waals surface area contributed by atoms with E-state index in [4.69, 9.17) is 4.74 Å². The molecule has 1 atom stereocenters. The van der Waals surface area contributed by atoms with Crippen molar-refractivity contribution in [2.45, 2.75) is 33.2 Å². The fourth-order valence-corrected chi connectivity index (χ4v) is 2.33. The maximum absolute atomic E-state index is 12.1. The first kappa shape index (κ1) is 15.1. The lowest BCUT2D eigenvalue weighted by Gasteiger charge is -2.21. The van der Waals surface area contributed by atoms with Gasteiger partial charge in [0.05, 0.1) is 12.6 Å². The number of halogens is 2. The Hall–Kier alpha value is -1.00. The zero-order chi connectivity index (χ0) is 13.7. The van der Waals surface area contributed by atoms with Crippen LogP contribution in [-0.2, 0) is 4.74 Å². The van der Waals surface area contributed by atoms with Crippen LogP contribution in [0.5, 0.6) is 0 Å². The Morgan fingerprint density at radius 2 is 1.67 bits per heavy atom. The molecule has 0 radical (unpaired) electrons. The van der Waals surface area contributed by atoms with Gasteiger partial charge >= 0.3 is 0 Å². The van der Waals surface area contributed by atoms with E-state index in [2.05, 4.69) is 17.4 Å². The number of ether oxygens (including phenoxy) is 1. The number of nitrogens with one attached hydrogen (secondary N) is 1. The van der Waals surface area contributed by atoms with Crippen LogP contribution in [0.3, 0.4) is 0 Å². The van der Waals surface area contributed by atoms with Crippen molar-refractivity contribution in [1.29, 1.82) is 0 Å². The van der Waals surface area contributed by atoms with Crippen molar-refractivity contribution in [3.8, 4) is 0 Å². The molecular formula is C14H21F2NO. The number of rotatable bonds is 6. The Bertz CT molecular complexity index is 370. The van der Waals surface area contributed by atoms with Crippen LogP contribution < -0.4 is 5.32 Å². The van der Waals surface area contributed by atoms with Gasteiger partial charge in [0.25, 0.3) is 6.43 Å². The molecule has 18 heavy (non-hydrogen) atoms. The molecule has 0 amide bonds. The normalized spacial score (nSPS) is 13.1. The van der Waals surface area contributed by atoms with Crippen molar-refractivity contribution < 1.29 is 13.5 Å². The molecule has 0 spiro atoms. The molecule has 102 valence electrons. The van der Waals surface area contributed by atoms with Crippen LogP contribution in [0.1, 0.15) is 28.3 Å². The summed E-state index contributed by atoms with van der Waals surface area (Å²) in [4.78, 5) is 0. The van der Waals surface area contributed by atoms with Gasteiger partial charge in [-0.3, -0.25) is 0 Å². The summed E-state index contributed by atoms with van der Waals surface area (Å²) in [7, 11) is 1.81. The highest BCUT2D eigenvalue weighted by atomic mass is 19.3. The van der Waals surface area contributed by atoms with Gasteiger partial charge in [0, 0.05) is 0 Å². The number of alkyl halides is 2. The molecule has 0 saturated carbocycles. The molecule has 0 bridgehead atoms. The molecule has 0 fully saturated rings. The monoisotopic (exact) mass is 257 g/mol. The van der Waals surface area contributed by atoms with Gasteiger partial charge in [-0.2, -0.15) is 0 Å². The molecule has 1 N–H and O–H groups in total. The lowest BCUT2D eigenvalue weighted by Crippen LogP contribution is -2.24. The second kappa shape index (κ2) is 6.81. The van der Waals surface area contributed by atoms with Gasteiger partial charge in [0.15, 0.2) is 0 Å². The molecule has 0 aromatic heterocycles. The minimum atomic E-state index is -2.41. The Kier molecular flexibility index (Phi) is 5.69. The topological polar surface area (TPSA) is 21.3 Å². The van der Waals surface area contributed by atoms with Gasteiger partial charge in [-0.15, -0.1) is 0 Å². The third kappa shape index (κ3) is 4.03. The van der Waals surface area contributed by atoms with E-state index < -0.39 is 13.0 Å². The van der Waals surface area contributed by atoms with Crippen molar-refractivity contribution in [2.24, 2.45) is 0 Å². The molecule has 0 saturated heterocycles. The van der Waals surface area contributed by atoms with Gasteiger partial charge < -0.3 is 10.1 Å². The Morgan fingerprint density at radius 3 is 2.11 bits per heavy atom. The zero-order valence-electron chi connectivity index (χ0n) is 11.4. The van der Waals surface area contributed by atoms with Crippen molar-refractivity contribution in [3.63, 3.8) is 0 Å². The van der Waals surface area contributed by atoms with Gasteiger partial charge in [0.1, 0.15) is 6.61 Å². The van der Waals surface area contributed by atoms with Crippen LogP contribution in [-0.4, -0.2) is 26.7 Å². The van der Waals surface area contributed by atoms with Gasteiger partial charge in [-0.1, -0.05) is 17.7 Å². The van der Waals surface area contributed by atoms with E-state index in [-0.39, 0.29) is 12.6 Å².